The number of methoxy groups -OCH3 is 1. The maximum atomic E-state index is 11.7. The molecule has 0 fully saturated rings. The summed E-state index contributed by atoms with van der Waals surface area (Å²) in [6, 6.07) is 12.8. The summed E-state index contributed by atoms with van der Waals surface area (Å²) in [4.78, 5) is 12.6. The Balaban J connectivity index is 2.17. The quantitative estimate of drug-likeness (QED) is 0.527. The van der Waals surface area contributed by atoms with Crippen LogP contribution in [0.25, 0.3) is 0 Å². The molecule has 2 rings (SSSR count). The lowest BCUT2D eigenvalue weighted by Gasteiger charge is -2.08. The van der Waals surface area contributed by atoms with Crippen LogP contribution in [-0.2, 0) is 10.5 Å². The molecule has 0 radical (unpaired) electrons. The average Bonchev–Trinajstić information content (AvgIpc) is 2.46. The third kappa shape index (κ3) is 3.46. The molecule has 5 heteroatoms. The number of carbonyl (C=O) groups is 1. The molecule has 2 N–H and O–H groups in total. The summed E-state index contributed by atoms with van der Waals surface area (Å²) in [6.07, 6.45) is 0. The predicted octanol–water partition coefficient (Wildman–Crippen LogP) is 4.00. The van der Waals surface area contributed by atoms with E-state index in [0.717, 1.165) is 10.5 Å². The zero-order valence-electron chi connectivity index (χ0n) is 10.9. The fraction of sp³-hybridized carbons (Fsp3) is 0.133. The molecule has 20 heavy (non-hydrogen) atoms. The van der Waals surface area contributed by atoms with E-state index in [1.54, 1.807) is 30.0 Å². The van der Waals surface area contributed by atoms with Gasteiger partial charge in [0.1, 0.15) is 0 Å². The first-order valence-electron chi connectivity index (χ1n) is 5.96. The number of halogens is 1. The van der Waals surface area contributed by atoms with Crippen molar-refractivity contribution < 1.29 is 9.53 Å². The zero-order valence-corrected chi connectivity index (χ0v) is 12.5. The van der Waals surface area contributed by atoms with Crippen molar-refractivity contribution in [2.75, 3.05) is 12.8 Å². The van der Waals surface area contributed by atoms with Gasteiger partial charge in [-0.25, -0.2) is 4.79 Å². The summed E-state index contributed by atoms with van der Waals surface area (Å²) in [7, 11) is 1.38. The summed E-state index contributed by atoms with van der Waals surface area (Å²) < 4.78 is 4.78. The molecule has 0 amide bonds. The topological polar surface area (TPSA) is 52.3 Å². The second-order valence-electron chi connectivity index (χ2n) is 4.13. The Kier molecular flexibility index (Phi) is 4.93. The summed E-state index contributed by atoms with van der Waals surface area (Å²) >= 11 is 7.69. The maximum absolute atomic E-state index is 11.7. The van der Waals surface area contributed by atoms with Crippen molar-refractivity contribution in [1.82, 2.24) is 0 Å². The van der Waals surface area contributed by atoms with Crippen LogP contribution in [0.5, 0.6) is 0 Å². The van der Waals surface area contributed by atoms with Gasteiger partial charge in [0.25, 0.3) is 0 Å². The van der Waals surface area contributed by atoms with E-state index in [4.69, 9.17) is 22.1 Å². The first-order chi connectivity index (χ1) is 9.61. The Hall–Kier alpha value is -1.65. The summed E-state index contributed by atoms with van der Waals surface area (Å²) in [5, 5.41) is 0.616. The normalized spacial score (nSPS) is 10.3. The van der Waals surface area contributed by atoms with Gasteiger partial charge in [0.2, 0.25) is 0 Å². The number of benzene rings is 2. The van der Waals surface area contributed by atoms with Gasteiger partial charge in [-0.2, -0.15) is 0 Å². The lowest BCUT2D eigenvalue weighted by atomic mass is 10.1. The van der Waals surface area contributed by atoms with E-state index in [0.29, 0.717) is 22.0 Å². The van der Waals surface area contributed by atoms with Gasteiger partial charge in [-0.05, 0) is 29.8 Å². The highest BCUT2D eigenvalue weighted by atomic mass is 35.5. The second kappa shape index (κ2) is 6.68. The highest BCUT2D eigenvalue weighted by Crippen LogP contribution is 2.31. The van der Waals surface area contributed by atoms with Gasteiger partial charge in [-0.1, -0.05) is 29.8 Å². The van der Waals surface area contributed by atoms with Gasteiger partial charge in [0.15, 0.2) is 0 Å². The van der Waals surface area contributed by atoms with Crippen LogP contribution in [-0.4, -0.2) is 13.1 Å². The van der Waals surface area contributed by atoms with E-state index in [-0.39, 0.29) is 5.97 Å². The molecule has 0 saturated heterocycles. The Morgan fingerprint density at radius 2 is 2.05 bits per heavy atom. The molecule has 0 spiro atoms. The molecule has 0 aliphatic rings. The van der Waals surface area contributed by atoms with Crippen molar-refractivity contribution in [3.63, 3.8) is 0 Å². The van der Waals surface area contributed by atoms with Crippen LogP contribution in [0.15, 0.2) is 47.4 Å². The lowest BCUT2D eigenvalue weighted by molar-refractivity contribution is 0.0600. The summed E-state index contributed by atoms with van der Waals surface area (Å²) in [6.45, 7) is 0. The Labute approximate surface area is 127 Å². The Morgan fingerprint density at radius 3 is 2.75 bits per heavy atom. The van der Waals surface area contributed by atoms with E-state index in [2.05, 4.69) is 0 Å². The van der Waals surface area contributed by atoms with Gasteiger partial charge in [0, 0.05) is 16.3 Å². The maximum Gasteiger partial charge on any atom is 0.338 e. The van der Waals surface area contributed by atoms with E-state index < -0.39 is 0 Å². The Morgan fingerprint density at radius 1 is 1.30 bits per heavy atom. The van der Waals surface area contributed by atoms with E-state index in [9.17, 15) is 4.79 Å². The smallest absolute Gasteiger partial charge is 0.338 e. The summed E-state index contributed by atoms with van der Waals surface area (Å²) in [5.74, 6) is 0.305. The minimum Gasteiger partial charge on any atom is -0.465 e. The largest absolute Gasteiger partial charge is 0.465 e. The minimum atomic E-state index is -0.329. The van der Waals surface area contributed by atoms with E-state index in [1.807, 2.05) is 24.3 Å². The molecule has 2 aromatic carbocycles. The van der Waals surface area contributed by atoms with Gasteiger partial charge in [-0.15, -0.1) is 11.8 Å². The number of thioether (sulfide) groups is 1. The minimum absolute atomic E-state index is 0.329. The third-order valence-corrected chi connectivity index (χ3v) is 4.31. The molecule has 0 aliphatic heterocycles. The average molecular weight is 308 g/mol. The van der Waals surface area contributed by atoms with E-state index >= 15 is 0 Å². The fourth-order valence-electron chi connectivity index (χ4n) is 1.74. The van der Waals surface area contributed by atoms with Crippen LogP contribution in [0.4, 0.5) is 5.69 Å². The molecule has 0 aliphatic carbocycles. The number of anilines is 1. The number of hydrogen-bond donors (Lipinski definition) is 1. The lowest BCUT2D eigenvalue weighted by Crippen LogP contribution is -2.04. The molecule has 0 saturated carbocycles. The van der Waals surface area contributed by atoms with Crippen LogP contribution in [0, 0.1) is 0 Å². The number of rotatable bonds is 4. The SMILES string of the molecule is COC(=O)c1ccccc1CSc1ccc(N)cc1Cl. The molecular formula is C15H14ClNO2S. The first-order valence-corrected chi connectivity index (χ1v) is 7.32. The zero-order chi connectivity index (χ0) is 14.5. The Bertz CT molecular complexity index is 631. The molecular weight excluding hydrogens is 294 g/mol. The van der Waals surface area contributed by atoms with Gasteiger partial charge >= 0.3 is 5.97 Å². The van der Waals surface area contributed by atoms with Crippen molar-refractivity contribution in [2.45, 2.75) is 10.6 Å². The number of ether oxygens (including phenoxy) is 1. The van der Waals surface area contributed by atoms with Crippen LogP contribution in [0.2, 0.25) is 5.02 Å². The molecule has 0 atom stereocenters. The standard InChI is InChI=1S/C15H14ClNO2S/c1-19-15(18)12-5-3-2-4-10(12)9-20-14-7-6-11(17)8-13(14)16/h2-8H,9,17H2,1H3. The second-order valence-corrected chi connectivity index (χ2v) is 5.55. The van der Waals surface area contributed by atoms with Crippen LogP contribution < -0.4 is 5.73 Å². The van der Waals surface area contributed by atoms with Gasteiger partial charge < -0.3 is 10.5 Å². The van der Waals surface area contributed by atoms with E-state index in [1.165, 1.54) is 7.11 Å². The highest BCUT2D eigenvalue weighted by molar-refractivity contribution is 7.98. The summed E-state index contributed by atoms with van der Waals surface area (Å²) in [5.41, 5.74) is 7.79. The highest BCUT2D eigenvalue weighted by Gasteiger charge is 2.11. The van der Waals surface area contributed by atoms with Crippen molar-refractivity contribution in [2.24, 2.45) is 0 Å². The molecule has 0 unspecified atom stereocenters. The molecule has 3 nitrogen and oxygen atoms in total. The van der Waals surface area contributed by atoms with Crippen molar-refractivity contribution in [3.8, 4) is 0 Å². The molecule has 104 valence electrons. The van der Waals surface area contributed by atoms with Crippen LogP contribution in [0.3, 0.4) is 0 Å². The number of hydrogen-bond acceptors (Lipinski definition) is 4. The van der Waals surface area contributed by atoms with Crippen molar-refractivity contribution >= 4 is 35.0 Å². The molecule has 2 aromatic rings. The number of esters is 1. The number of nitrogens with two attached hydrogens (primary N) is 1. The fourth-order valence-corrected chi connectivity index (χ4v) is 3.02. The number of carbonyl (C=O) groups excluding carboxylic acids is 1. The third-order valence-electron chi connectivity index (χ3n) is 2.76. The van der Waals surface area contributed by atoms with Crippen molar-refractivity contribution in [3.05, 3.63) is 58.6 Å². The van der Waals surface area contributed by atoms with Gasteiger partial charge in [-0.3, -0.25) is 0 Å². The van der Waals surface area contributed by atoms with Crippen molar-refractivity contribution in [1.29, 1.82) is 0 Å². The molecule has 0 bridgehead atoms. The van der Waals surface area contributed by atoms with Crippen LogP contribution in [0.1, 0.15) is 15.9 Å². The molecule has 0 heterocycles. The van der Waals surface area contributed by atoms with Gasteiger partial charge in [0.05, 0.1) is 17.7 Å². The monoisotopic (exact) mass is 307 g/mol. The van der Waals surface area contributed by atoms with Crippen LogP contribution >= 0.6 is 23.4 Å². The molecule has 0 aromatic heterocycles. The predicted molar refractivity (Wildman–Crippen MR) is 83.2 cm³/mol. The number of nitrogen functional groups attached to an aromatic ring is 1. The first kappa shape index (κ1) is 14.8.